The van der Waals surface area contributed by atoms with Gasteiger partial charge in [-0.3, -0.25) is 0 Å². The zero-order chi connectivity index (χ0) is 12.0. The molecule has 1 aliphatic rings. The first-order chi connectivity index (χ1) is 7.63. The molecule has 0 aliphatic carbocycles. The van der Waals surface area contributed by atoms with Crippen molar-refractivity contribution in [1.82, 2.24) is 0 Å². The van der Waals surface area contributed by atoms with Crippen molar-refractivity contribution in [2.45, 2.75) is 19.4 Å². The van der Waals surface area contributed by atoms with Crippen LogP contribution in [0.1, 0.15) is 18.9 Å². The molecule has 0 aromatic heterocycles. The smallest absolute Gasteiger partial charge is 0.333 e. The molecule has 1 aliphatic heterocycles. The Bertz CT molecular complexity index is 363. The largest absolute Gasteiger partial charge is 0.459 e. The lowest BCUT2D eigenvalue weighted by atomic mass is 10.2. The summed E-state index contributed by atoms with van der Waals surface area (Å²) in [5.41, 5.74) is 1.77. The van der Waals surface area contributed by atoms with E-state index in [4.69, 9.17) is 4.74 Å². The normalized spacial score (nSPS) is 18.4. The average Bonchev–Trinajstić information content (AvgIpc) is 2.58. The minimum absolute atomic E-state index is 0.0509. The van der Waals surface area contributed by atoms with E-state index in [9.17, 15) is 4.79 Å². The molecule has 0 saturated carbocycles. The van der Waals surface area contributed by atoms with Gasteiger partial charge in [-0.1, -0.05) is 49.6 Å². The Morgan fingerprint density at radius 1 is 1.38 bits per heavy atom. The van der Waals surface area contributed by atoms with Crippen molar-refractivity contribution in [1.29, 1.82) is 0 Å². The quantitative estimate of drug-likeness (QED) is 0.532. The third-order valence-electron chi connectivity index (χ3n) is 2.17. The van der Waals surface area contributed by atoms with Crippen molar-refractivity contribution in [2.24, 2.45) is 0 Å². The van der Waals surface area contributed by atoms with Gasteiger partial charge in [-0.25, -0.2) is 4.79 Å². The summed E-state index contributed by atoms with van der Waals surface area (Å²) in [6, 6.07) is 10.0. The van der Waals surface area contributed by atoms with Gasteiger partial charge < -0.3 is 4.74 Å². The van der Waals surface area contributed by atoms with E-state index in [0.717, 1.165) is 0 Å². The highest BCUT2D eigenvalue weighted by Crippen LogP contribution is 2.16. The molecular formula is C14H16O2. The lowest BCUT2D eigenvalue weighted by molar-refractivity contribution is -0.138. The predicted molar refractivity (Wildman–Crippen MR) is 65.8 cm³/mol. The third kappa shape index (κ3) is 3.73. The second kappa shape index (κ2) is 5.91. The van der Waals surface area contributed by atoms with Crippen LogP contribution in [0.2, 0.25) is 0 Å². The number of hydrogen-bond acceptors (Lipinski definition) is 2. The maximum absolute atomic E-state index is 10.5. The molecule has 1 unspecified atom stereocenters. The van der Waals surface area contributed by atoms with E-state index in [0.29, 0.717) is 12.0 Å². The van der Waals surface area contributed by atoms with Crippen LogP contribution < -0.4 is 0 Å². The Labute approximate surface area is 96.2 Å². The lowest BCUT2D eigenvalue weighted by Crippen LogP contribution is -1.99. The number of carbonyl (C=O) groups excluding carboxylic acids is 1. The van der Waals surface area contributed by atoms with Gasteiger partial charge in [-0.2, -0.15) is 0 Å². The summed E-state index contributed by atoms with van der Waals surface area (Å²) in [7, 11) is 0. The van der Waals surface area contributed by atoms with E-state index >= 15 is 0 Å². The molecule has 1 saturated heterocycles. The summed E-state index contributed by atoms with van der Waals surface area (Å²) in [5.74, 6) is -0.238. The van der Waals surface area contributed by atoms with E-state index in [1.165, 1.54) is 5.56 Å². The third-order valence-corrected chi connectivity index (χ3v) is 2.17. The number of rotatable bonds is 1. The van der Waals surface area contributed by atoms with Gasteiger partial charge in [0.1, 0.15) is 6.10 Å². The van der Waals surface area contributed by atoms with Gasteiger partial charge in [0, 0.05) is 12.0 Å². The second-order valence-electron chi connectivity index (χ2n) is 3.64. The van der Waals surface area contributed by atoms with Crippen LogP contribution >= 0.6 is 0 Å². The molecule has 1 aromatic carbocycles. The molecule has 2 heteroatoms. The molecule has 1 atom stereocenters. The molecule has 1 heterocycles. The summed E-state index contributed by atoms with van der Waals surface area (Å²) in [4.78, 5) is 10.5. The van der Waals surface area contributed by atoms with Gasteiger partial charge in [0.05, 0.1) is 0 Å². The topological polar surface area (TPSA) is 26.3 Å². The van der Waals surface area contributed by atoms with Crippen molar-refractivity contribution in [3.8, 4) is 0 Å². The number of benzene rings is 1. The summed E-state index contributed by atoms with van der Waals surface area (Å²) < 4.78 is 4.73. The van der Waals surface area contributed by atoms with Gasteiger partial charge in [0.25, 0.3) is 0 Å². The number of cyclic esters (lactones) is 1. The molecule has 0 spiro atoms. The fourth-order valence-corrected chi connectivity index (χ4v) is 1.33. The zero-order valence-electron chi connectivity index (χ0n) is 9.48. The van der Waals surface area contributed by atoms with Crippen molar-refractivity contribution >= 4 is 12.0 Å². The monoisotopic (exact) mass is 216 g/mol. The van der Waals surface area contributed by atoms with Crippen molar-refractivity contribution in [3.05, 3.63) is 54.6 Å². The molecule has 0 bridgehead atoms. The van der Waals surface area contributed by atoms with Gasteiger partial charge in [-0.15, -0.1) is 0 Å². The minimum atomic E-state index is -0.238. The van der Waals surface area contributed by atoms with Gasteiger partial charge in [-0.05, 0) is 12.5 Å². The van der Waals surface area contributed by atoms with Crippen LogP contribution in [0.25, 0.3) is 6.08 Å². The highest BCUT2D eigenvalue weighted by Gasteiger charge is 2.22. The van der Waals surface area contributed by atoms with E-state index in [-0.39, 0.29) is 12.1 Å². The van der Waals surface area contributed by atoms with E-state index in [1.54, 1.807) is 0 Å². The van der Waals surface area contributed by atoms with Gasteiger partial charge >= 0.3 is 5.97 Å². The van der Waals surface area contributed by atoms with Crippen LogP contribution in [0.5, 0.6) is 0 Å². The SMILES string of the molecule is C=C1CC(C)OC1=O.C=Cc1ccccc1. The number of ether oxygens (including phenoxy) is 1. The van der Waals surface area contributed by atoms with Crippen molar-refractivity contribution in [2.75, 3.05) is 0 Å². The van der Waals surface area contributed by atoms with Gasteiger partial charge in [0.15, 0.2) is 0 Å². The molecule has 2 rings (SSSR count). The number of hydrogen-bond donors (Lipinski definition) is 0. The molecule has 0 amide bonds. The van der Waals surface area contributed by atoms with E-state index in [2.05, 4.69) is 13.2 Å². The molecular weight excluding hydrogens is 200 g/mol. The molecule has 0 radical (unpaired) electrons. The Balaban J connectivity index is 0.000000160. The molecule has 16 heavy (non-hydrogen) atoms. The zero-order valence-corrected chi connectivity index (χ0v) is 9.48. The van der Waals surface area contributed by atoms with Crippen LogP contribution in [-0.2, 0) is 9.53 Å². The van der Waals surface area contributed by atoms with Crippen LogP contribution in [-0.4, -0.2) is 12.1 Å². The number of esters is 1. The van der Waals surface area contributed by atoms with E-state index < -0.39 is 0 Å². The van der Waals surface area contributed by atoms with Gasteiger partial charge in [0.2, 0.25) is 0 Å². The second-order valence-corrected chi connectivity index (χ2v) is 3.64. The van der Waals surface area contributed by atoms with Crippen LogP contribution in [0.4, 0.5) is 0 Å². The van der Waals surface area contributed by atoms with Crippen LogP contribution in [0.15, 0.2) is 49.1 Å². The Morgan fingerprint density at radius 2 is 2.00 bits per heavy atom. The Kier molecular flexibility index (Phi) is 4.52. The lowest BCUT2D eigenvalue weighted by Gasteiger charge is -1.94. The molecule has 1 aromatic rings. The molecule has 0 N–H and O–H groups in total. The summed E-state index contributed by atoms with van der Waals surface area (Å²) in [6.45, 7) is 9.00. The summed E-state index contributed by atoms with van der Waals surface area (Å²) in [5, 5.41) is 0. The highest BCUT2D eigenvalue weighted by molar-refractivity contribution is 5.89. The highest BCUT2D eigenvalue weighted by atomic mass is 16.5. The predicted octanol–water partition coefficient (Wildman–Crippen LogP) is 3.21. The first-order valence-electron chi connectivity index (χ1n) is 5.19. The maximum atomic E-state index is 10.5. The minimum Gasteiger partial charge on any atom is -0.459 e. The molecule has 2 nitrogen and oxygen atoms in total. The summed E-state index contributed by atoms with van der Waals surface area (Å²) >= 11 is 0. The Hall–Kier alpha value is -1.83. The average molecular weight is 216 g/mol. The molecule has 1 fully saturated rings. The fraction of sp³-hybridized carbons (Fsp3) is 0.214. The maximum Gasteiger partial charge on any atom is 0.333 e. The Morgan fingerprint density at radius 3 is 2.25 bits per heavy atom. The van der Waals surface area contributed by atoms with Crippen molar-refractivity contribution in [3.63, 3.8) is 0 Å². The summed E-state index contributed by atoms with van der Waals surface area (Å²) in [6.07, 6.45) is 2.58. The molecule has 84 valence electrons. The first kappa shape index (κ1) is 12.2. The van der Waals surface area contributed by atoms with E-state index in [1.807, 2.05) is 43.3 Å². The number of carbonyl (C=O) groups is 1. The van der Waals surface area contributed by atoms with Crippen LogP contribution in [0.3, 0.4) is 0 Å². The standard InChI is InChI=1S/C8H8.C6H8O2/c1-2-8-6-4-3-5-7-8;1-4-3-5(2)8-6(4)7/h2-7H,1H2;5H,1,3H2,2H3. The van der Waals surface area contributed by atoms with Crippen LogP contribution in [0, 0.1) is 0 Å². The first-order valence-corrected chi connectivity index (χ1v) is 5.19. The van der Waals surface area contributed by atoms with Crippen molar-refractivity contribution < 1.29 is 9.53 Å². The fourth-order valence-electron chi connectivity index (χ4n) is 1.33.